The van der Waals surface area contributed by atoms with E-state index >= 15 is 0 Å². The molecule has 0 radical (unpaired) electrons. The van der Waals surface area contributed by atoms with Crippen molar-refractivity contribution in [3.63, 3.8) is 0 Å². The van der Waals surface area contributed by atoms with Gasteiger partial charge in [-0.05, 0) is 23.8 Å². The van der Waals surface area contributed by atoms with E-state index in [1.54, 1.807) is 0 Å². The molecule has 0 saturated carbocycles. The van der Waals surface area contributed by atoms with E-state index in [4.69, 9.17) is 17.3 Å². The van der Waals surface area contributed by atoms with Crippen LogP contribution in [0.15, 0.2) is 35.1 Å². The molecule has 7 heteroatoms. The van der Waals surface area contributed by atoms with Crippen molar-refractivity contribution in [3.8, 4) is 11.3 Å². The number of pyridine rings is 1. The normalized spacial score (nSPS) is 11.7. The third kappa shape index (κ3) is 2.86. The van der Waals surface area contributed by atoms with Gasteiger partial charge in [-0.1, -0.05) is 23.7 Å². The van der Waals surface area contributed by atoms with Crippen LogP contribution in [0.3, 0.4) is 0 Å². The molecular weight excluding hydrogens is 293 g/mol. The number of H-pyrrole nitrogens is 1. The van der Waals surface area contributed by atoms with Gasteiger partial charge in [-0.3, -0.25) is 4.79 Å². The number of halogens is 4. The Labute approximate surface area is 117 Å². The Morgan fingerprint density at radius 1 is 1.20 bits per heavy atom. The van der Waals surface area contributed by atoms with Crippen molar-refractivity contribution in [2.45, 2.75) is 12.7 Å². The number of nitrogens with two attached hydrogens (primary N) is 1. The zero-order chi connectivity index (χ0) is 14.9. The molecule has 1 aromatic heterocycles. The molecule has 3 N–H and O–H groups in total. The molecule has 1 aromatic carbocycles. The minimum absolute atomic E-state index is 0.0659. The fourth-order valence-electron chi connectivity index (χ4n) is 1.83. The maximum atomic E-state index is 12.9. The lowest BCUT2D eigenvalue weighted by atomic mass is 10.0. The lowest BCUT2D eigenvalue weighted by Crippen LogP contribution is -2.23. The van der Waals surface area contributed by atoms with E-state index in [1.807, 2.05) is 0 Å². The van der Waals surface area contributed by atoms with Gasteiger partial charge >= 0.3 is 6.18 Å². The van der Waals surface area contributed by atoms with Gasteiger partial charge in [-0.2, -0.15) is 13.2 Å². The summed E-state index contributed by atoms with van der Waals surface area (Å²) >= 11 is 5.71. The van der Waals surface area contributed by atoms with Gasteiger partial charge in [0.15, 0.2) is 0 Å². The topological polar surface area (TPSA) is 58.9 Å². The molecule has 2 rings (SSSR count). The summed E-state index contributed by atoms with van der Waals surface area (Å²) in [6.07, 6.45) is -4.63. The molecule has 2 aromatic rings. The summed E-state index contributed by atoms with van der Waals surface area (Å²) in [4.78, 5) is 14.1. The van der Waals surface area contributed by atoms with Crippen LogP contribution in [0, 0.1) is 0 Å². The fourth-order valence-corrected chi connectivity index (χ4v) is 1.95. The van der Waals surface area contributed by atoms with Crippen molar-refractivity contribution in [1.82, 2.24) is 4.98 Å². The van der Waals surface area contributed by atoms with Crippen molar-refractivity contribution in [3.05, 3.63) is 56.8 Å². The number of nitrogens with one attached hydrogen (secondary N) is 1. The predicted octanol–water partition coefficient (Wildman–Crippen LogP) is 3.17. The monoisotopic (exact) mass is 302 g/mol. The Morgan fingerprint density at radius 3 is 2.30 bits per heavy atom. The molecule has 0 atom stereocenters. The van der Waals surface area contributed by atoms with Gasteiger partial charge in [-0.25, -0.2) is 0 Å². The van der Waals surface area contributed by atoms with E-state index in [1.165, 1.54) is 24.3 Å². The maximum Gasteiger partial charge on any atom is 0.416 e. The van der Waals surface area contributed by atoms with Crippen LogP contribution in [0.4, 0.5) is 13.2 Å². The molecule has 1 heterocycles. The van der Waals surface area contributed by atoms with Crippen molar-refractivity contribution < 1.29 is 13.2 Å². The van der Waals surface area contributed by atoms with Crippen LogP contribution in [-0.4, -0.2) is 4.98 Å². The molecule has 0 aliphatic rings. The first-order valence-corrected chi connectivity index (χ1v) is 6.00. The van der Waals surface area contributed by atoms with Crippen LogP contribution in [0.2, 0.25) is 5.02 Å². The Bertz CT molecular complexity index is 677. The highest BCUT2D eigenvalue weighted by molar-refractivity contribution is 6.30. The number of benzene rings is 1. The Hall–Kier alpha value is -1.79. The molecular formula is C13H10ClF3N2O. The van der Waals surface area contributed by atoms with Crippen LogP contribution in [0.1, 0.15) is 11.1 Å². The first-order chi connectivity index (χ1) is 9.32. The van der Waals surface area contributed by atoms with Crippen LogP contribution in [0.5, 0.6) is 0 Å². The molecule has 0 saturated heterocycles. The van der Waals surface area contributed by atoms with E-state index in [0.717, 1.165) is 6.07 Å². The van der Waals surface area contributed by atoms with Gasteiger partial charge in [0.25, 0.3) is 5.56 Å². The number of rotatable bonds is 2. The third-order valence-corrected chi connectivity index (χ3v) is 3.05. The summed E-state index contributed by atoms with van der Waals surface area (Å²) in [7, 11) is 0. The van der Waals surface area contributed by atoms with Gasteiger partial charge in [-0.15, -0.1) is 0 Å². The first kappa shape index (κ1) is 14.6. The largest absolute Gasteiger partial charge is 0.416 e. The highest BCUT2D eigenvalue weighted by atomic mass is 35.5. The van der Waals surface area contributed by atoms with Crippen LogP contribution >= 0.6 is 11.6 Å². The average molecular weight is 303 g/mol. The van der Waals surface area contributed by atoms with E-state index in [9.17, 15) is 18.0 Å². The van der Waals surface area contributed by atoms with Crippen molar-refractivity contribution in [2.75, 3.05) is 0 Å². The van der Waals surface area contributed by atoms with Crippen molar-refractivity contribution in [2.24, 2.45) is 5.73 Å². The zero-order valence-electron chi connectivity index (χ0n) is 10.1. The molecule has 0 aliphatic carbocycles. The Morgan fingerprint density at radius 2 is 1.80 bits per heavy atom. The summed E-state index contributed by atoms with van der Waals surface area (Å²) in [6.45, 7) is -0.481. The number of aromatic nitrogens is 1. The highest BCUT2D eigenvalue weighted by Crippen LogP contribution is 2.32. The van der Waals surface area contributed by atoms with Gasteiger partial charge < -0.3 is 10.7 Å². The predicted molar refractivity (Wildman–Crippen MR) is 70.4 cm³/mol. The second kappa shape index (κ2) is 5.30. The second-order valence-electron chi connectivity index (χ2n) is 4.11. The molecule has 0 aliphatic heterocycles. The van der Waals surface area contributed by atoms with Gasteiger partial charge in [0.1, 0.15) is 0 Å². The zero-order valence-corrected chi connectivity index (χ0v) is 10.8. The smallest absolute Gasteiger partial charge is 0.326 e. The number of hydrogen-bond acceptors (Lipinski definition) is 2. The minimum atomic E-state index is -4.63. The number of aromatic amines is 1. The fraction of sp³-hybridized carbons (Fsp3) is 0.154. The standard InChI is InChI=1S/C13H10ClF3N2O/c14-8-3-1-7(2-4-8)11-5-10(13(15,16)17)9(6-18)12(20)19-11/h1-5H,6,18H2,(H,19,20). The van der Waals surface area contributed by atoms with E-state index < -0.39 is 29.4 Å². The molecule has 20 heavy (non-hydrogen) atoms. The summed E-state index contributed by atoms with van der Waals surface area (Å²) in [5.41, 5.74) is 3.38. The second-order valence-corrected chi connectivity index (χ2v) is 4.55. The van der Waals surface area contributed by atoms with E-state index in [0.29, 0.717) is 10.6 Å². The van der Waals surface area contributed by atoms with Gasteiger partial charge in [0.2, 0.25) is 0 Å². The lowest BCUT2D eigenvalue weighted by Gasteiger charge is -2.13. The third-order valence-electron chi connectivity index (χ3n) is 2.80. The molecule has 0 fully saturated rings. The van der Waals surface area contributed by atoms with Crippen molar-refractivity contribution in [1.29, 1.82) is 0 Å². The Kier molecular flexibility index (Phi) is 3.87. The van der Waals surface area contributed by atoms with E-state index in [-0.39, 0.29) is 5.69 Å². The summed E-state index contributed by atoms with van der Waals surface area (Å²) in [5.74, 6) is 0. The number of alkyl halides is 3. The van der Waals surface area contributed by atoms with Crippen molar-refractivity contribution >= 4 is 11.6 Å². The van der Waals surface area contributed by atoms with Crippen LogP contribution < -0.4 is 11.3 Å². The first-order valence-electron chi connectivity index (χ1n) is 5.62. The molecule has 0 unspecified atom stereocenters. The van der Waals surface area contributed by atoms with Gasteiger partial charge in [0.05, 0.1) is 5.56 Å². The summed E-state index contributed by atoms with van der Waals surface area (Å²) < 4.78 is 38.8. The average Bonchev–Trinajstić information content (AvgIpc) is 2.37. The number of hydrogen-bond donors (Lipinski definition) is 2. The SMILES string of the molecule is NCc1c(C(F)(F)F)cc(-c2ccc(Cl)cc2)[nH]c1=O. The molecule has 0 amide bonds. The van der Waals surface area contributed by atoms with Gasteiger partial charge in [0, 0.05) is 22.8 Å². The molecule has 3 nitrogen and oxygen atoms in total. The lowest BCUT2D eigenvalue weighted by molar-refractivity contribution is -0.138. The maximum absolute atomic E-state index is 12.9. The molecule has 0 spiro atoms. The highest BCUT2D eigenvalue weighted by Gasteiger charge is 2.34. The quantitative estimate of drug-likeness (QED) is 0.895. The van der Waals surface area contributed by atoms with E-state index in [2.05, 4.69) is 4.98 Å². The molecule has 106 valence electrons. The van der Waals surface area contributed by atoms with Crippen LogP contribution in [-0.2, 0) is 12.7 Å². The Balaban J connectivity index is 2.65. The summed E-state index contributed by atoms with van der Waals surface area (Å²) in [5, 5.41) is 0.450. The summed E-state index contributed by atoms with van der Waals surface area (Å²) in [6, 6.07) is 6.98. The minimum Gasteiger partial charge on any atom is -0.326 e. The van der Waals surface area contributed by atoms with Crippen LogP contribution in [0.25, 0.3) is 11.3 Å². The molecule has 0 bridgehead atoms.